The van der Waals surface area contributed by atoms with Crippen molar-refractivity contribution in [1.82, 2.24) is 5.43 Å². The van der Waals surface area contributed by atoms with Crippen molar-refractivity contribution in [2.24, 2.45) is 5.10 Å². The van der Waals surface area contributed by atoms with E-state index in [1.807, 2.05) is 55.5 Å². The second kappa shape index (κ2) is 8.30. The van der Waals surface area contributed by atoms with E-state index in [2.05, 4.69) is 47.2 Å². The highest BCUT2D eigenvalue weighted by atomic mass is 79.9. The van der Waals surface area contributed by atoms with Crippen LogP contribution in [0.1, 0.15) is 38.8 Å². The number of nitrogens with one attached hydrogen (secondary N) is 1. The maximum atomic E-state index is 11.9. The van der Waals surface area contributed by atoms with Crippen LogP contribution in [-0.2, 0) is 10.2 Å². The summed E-state index contributed by atoms with van der Waals surface area (Å²) in [6, 6.07) is 15.5. The molecule has 0 heterocycles. The Morgan fingerprint density at radius 2 is 1.68 bits per heavy atom. The lowest BCUT2D eigenvalue weighted by Crippen LogP contribution is -2.25. The van der Waals surface area contributed by atoms with Gasteiger partial charge in [-0.05, 0) is 47.7 Å². The molecule has 2 aromatic rings. The summed E-state index contributed by atoms with van der Waals surface area (Å²) in [7, 11) is 0. The summed E-state index contributed by atoms with van der Waals surface area (Å²) in [4.78, 5) is 11.9. The number of halogens is 1. The van der Waals surface area contributed by atoms with Gasteiger partial charge >= 0.3 is 0 Å². The summed E-state index contributed by atoms with van der Waals surface area (Å²) in [5, 5.41) is 4.10. The number of amides is 1. The summed E-state index contributed by atoms with van der Waals surface area (Å²) < 4.78 is 6.50. The molecule has 0 bridgehead atoms. The lowest BCUT2D eigenvalue weighted by Gasteiger charge is -2.19. The fraction of sp³-hybridized carbons (Fsp3) is 0.300. The zero-order valence-electron chi connectivity index (χ0n) is 15.0. The average molecular weight is 403 g/mol. The van der Waals surface area contributed by atoms with Gasteiger partial charge in [0, 0.05) is 4.47 Å². The zero-order valence-corrected chi connectivity index (χ0v) is 16.6. The fourth-order valence-electron chi connectivity index (χ4n) is 2.13. The Balaban J connectivity index is 1.86. The Morgan fingerprint density at radius 1 is 1.08 bits per heavy atom. The first-order valence-electron chi connectivity index (χ1n) is 8.08. The maximum absolute atomic E-state index is 11.9. The first kappa shape index (κ1) is 19.2. The van der Waals surface area contributed by atoms with E-state index < -0.39 is 0 Å². The molecule has 0 saturated carbocycles. The first-order chi connectivity index (χ1) is 11.8. The Morgan fingerprint density at radius 3 is 2.24 bits per heavy atom. The Bertz CT molecular complexity index is 745. The van der Waals surface area contributed by atoms with Gasteiger partial charge in [-0.3, -0.25) is 4.79 Å². The number of hydrogen-bond donors (Lipinski definition) is 1. The second-order valence-electron chi connectivity index (χ2n) is 6.80. The van der Waals surface area contributed by atoms with E-state index in [4.69, 9.17) is 4.74 Å². The molecule has 1 amide bonds. The standard InChI is InChI=1S/C20H23BrN2O2/c1-14(15-5-9-17(21)10-6-15)22-23-19(24)13-25-18-11-7-16(8-12-18)20(2,3)4/h5-12H,13H2,1-4H3,(H,23,24). The van der Waals surface area contributed by atoms with Crippen LogP contribution in [0.5, 0.6) is 5.75 Å². The van der Waals surface area contributed by atoms with Crippen LogP contribution in [0.25, 0.3) is 0 Å². The molecule has 0 spiro atoms. The van der Waals surface area contributed by atoms with Gasteiger partial charge in [-0.15, -0.1) is 0 Å². The first-order valence-corrected chi connectivity index (χ1v) is 8.87. The molecule has 0 aliphatic rings. The van der Waals surface area contributed by atoms with Gasteiger partial charge in [0.05, 0.1) is 5.71 Å². The van der Waals surface area contributed by atoms with E-state index in [0.717, 1.165) is 15.7 Å². The van der Waals surface area contributed by atoms with E-state index in [1.54, 1.807) is 0 Å². The van der Waals surface area contributed by atoms with E-state index in [9.17, 15) is 4.79 Å². The minimum absolute atomic E-state index is 0.0774. The van der Waals surface area contributed by atoms with Gasteiger partial charge in [0.15, 0.2) is 6.61 Å². The lowest BCUT2D eigenvalue weighted by molar-refractivity contribution is -0.123. The van der Waals surface area contributed by atoms with Gasteiger partial charge in [0.1, 0.15) is 5.75 Å². The van der Waals surface area contributed by atoms with E-state index in [-0.39, 0.29) is 17.9 Å². The van der Waals surface area contributed by atoms with Gasteiger partial charge in [0.25, 0.3) is 5.91 Å². The van der Waals surface area contributed by atoms with E-state index >= 15 is 0 Å². The predicted molar refractivity (Wildman–Crippen MR) is 105 cm³/mol. The summed E-state index contributed by atoms with van der Waals surface area (Å²) in [5.41, 5.74) is 5.51. The second-order valence-corrected chi connectivity index (χ2v) is 7.72. The number of hydrazone groups is 1. The molecule has 0 aromatic heterocycles. The zero-order chi connectivity index (χ0) is 18.4. The minimum Gasteiger partial charge on any atom is -0.484 e. The highest BCUT2D eigenvalue weighted by Crippen LogP contribution is 2.24. The highest BCUT2D eigenvalue weighted by molar-refractivity contribution is 9.10. The van der Waals surface area contributed by atoms with Crippen LogP contribution < -0.4 is 10.2 Å². The van der Waals surface area contributed by atoms with Crippen LogP contribution in [0.3, 0.4) is 0 Å². The van der Waals surface area contributed by atoms with E-state index in [1.165, 1.54) is 5.56 Å². The molecule has 4 nitrogen and oxygen atoms in total. The van der Waals surface area contributed by atoms with E-state index in [0.29, 0.717) is 5.75 Å². The molecular weight excluding hydrogens is 380 g/mol. The molecule has 0 saturated heterocycles. The van der Waals surface area contributed by atoms with Crippen molar-refractivity contribution in [3.8, 4) is 5.75 Å². The van der Waals surface area contributed by atoms with Crippen LogP contribution >= 0.6 is 15.9 Å². The molecule has 1 N–H and O–H groups in total. The molecule has 0 radical (unpaired) electrons. The van der Waals surface area contributed by atoms with Crippen molar-refractivity contribution < 1.29 is 9.53 Å². The third-order valence-electron chi connectivity index (χ3n) is 3.70. The third-order valence-corrected chi connectivity index (χ3v) is 4.23. The molecule has 0 fully saturated rings. The van der Waals surface area contributed by atoms with Crippen LogP contribution in [0.15, 0.2) is 58.1 Å². The largest absolute Gasteiger partial charge is 0.484 e. The van der Waals surface area contributed by atoms with Gasteiger partial charge in [-0.1, -0.05) is 61.0 Å². The fourth-order valence-corrected chi connectivity index (χ4v) is 2.40. The topological polar surface area (TPSA) is 50.7 Å². The molecule has 0 aliphatic carbocycles. The summed E-state index contributed by atoms with van der Waals surface area (Å²) in [6.07, 6.45) is 0. The van der Waals surface area contributed by atoms with Crippen molar-refractivity contribution in [2.45, 2.75) is 33.1 Å². The van der Waals surface area contributed by atoms with Crippen LogP contribution in [0, 0.1) is 0 Å². The normalized spacial score (nSPS) is 12.0. The number of carbonyl (C=O) groups is 1. The number of carbonyl (C=O) groups excluding carboxylic acids is 1. The Kier molecular flexibility index (Phi) is 6.37. The Labute approximate surface area is 157 Å². The predicted octanol–water partition coefficient (Wildman–Crippen LogP) is 4.67. The van der Waals surface area contributed by atoms with Gasteiger partial charge in [-0.2, -0.15) is 5.10 Å². The molecule has 0 atom stereocenters. The molecular formula is C20H23BrN2O2. The molecule has 0 unspecified atom stereocenters. The third kappa shape index (κ3) is 6.02. The average Bonchev–Trinajstić information content (AvgIpc) is 2.58. The van der Waals surface area contributed by atoms with Crippen LogP contribution in [-0.4, -0.2) is 18.2 Å². The van der Waals surface area contributed by atoms with Gasteiger partial charge < -0.3 is 4.74 Å². The quantitative estimate of drug-likeness (QED) is 0.583. The monoisotopic (exact) mass is 402 g/mol. The summed E-state index contributed by atoms with van der Waals surface area (Å²) in [5.74, 6) is 0.369. The molecule has 2 rings (SSSR count). The van der Waals surface area contributed by atoms with Crippen molar-refractivity contribution in [3.05, 3.63) is 64.1 Å². The smallest absolute Gasteiger partial charge is 0.277 e. The maximum Gasteiger partial charge on any atom is 0.277 e. The lowest BCUT2D eigenvalue weighted by atomic mass is 9.87. The highest BCUT2D eigenvalue weighted by Gasteiger charge is 2.13. The van der Waals surface area contributed by atoms with Gasteiger partial charge in [-0.25, -0.2) is 5.43 Å². The number of benzene rings is 2. The molecule has 2 aromatic carbocycles. The molecule has 5 heteroatoms. The minimum atomic E-state index is -0.295. The van der Waals surface area contributed by atoms with Gasteiger partial charge in [0.2, 0.25) is 0 Å². The van der Waals surface area contributed by atoms with Crippen molar-refractivity contribution in [2.75, 3.05) is 6.61 Å². The SMILES string of the molecule is CC(=NNC(=O)COc1ccc(C(C)(C)C)cc1)c1ccc(Br)cc1. The van der Waals surface area contributed by atoms with Crippen molar-refractivity contribution in [1.29, 1.82) is 0 Å². The van der Waals surface area contributed by atoms with Crippen molar-refractivity contribution in [3.63, 3.8) is 0 Å². The van der Waals surface area contributed by atoms with Crippen LogP contribution in [0.2, 0.25) is 0 Å². The summed E-state index contributed by atoms with van der Waals surface area (Å²) >= 11 is 3.39. The molecule has 25 heavy (non-hydrogen) atoms. The number of rotatable bonds is 5. The number of nitrogens with zero attached hydrogens (tertiary/aromatic N) is 1. The number of ether oxygens (including phenoxy) is 1. The summed E-state index contributed by atoms with van der Waals surface area (Å²) in [6.45, 7) is 8.23. The molecule has 132 valence electrons. The van der Waals surface area contributed by atoms with Crippen molar-refractivity contribution >= 4 is 27.5 Å². The molecule has 0 aliphatic heterocycles. The van der Waals surface area contributed by atoms with Crippen LogP contribution in [0.4, 0.5) is 0 Å². The number of hydrogen-bond acceptors (Lipinski definition) is 3. The Hall–Kier alpha value is -2.14.